The van der Waals surface area contributed by atoms with Crippen molar-refractivity contribution in [2.24, 2.45) is 0 Å². The fourth-order valence-electron chi connectivity index (χ4n) is 2.78. The van der Waals surface area contributed by atoms with Crippen LogP contribution in [-0.4, -0.2) is 39.5 Å². The Kier molecular flexibility index (Phi) is 3.77. The Bertz CT molecular complexity index is 602. The molecule has 1 fully saturated rings. The summed E-state index contributed by atoms with van der Waals surface area (Å²) in [5.74, 6) is 2.10. The minimum Gasteiger partial charge on any atom is -0.375 e. The monoisotopic (exact) mass is 292 g/mol. The van der Waals surface area contributed by atoms with Crippen molar-refractivity contribution >= 4 is 0 Å². The van der Waals surface area contributed by atoms with Crippen molar-refractivity contribution in [3.05, 3.63) is 28.7 Å². The third kappa shape index (κ3) is 2.71. The van der Waals surface area contributed by atoms with Gasteiger partial charge < -0.3 is 13.8 Å². The first-order chi connectivity index (χ1) is 10.1. The van der Waals surface area contributed by atoms with Gasteiger partial charge in [0.25, 0.3) is 0 Å². The van der Waals surface area contributed by atoms with E-state index in [1.54, 1.807) is 0 Å². The SMILES string of the molecule is Cc1noc([C@@H]2[C@@H](C)OCCN2Cc2c(C)noc2C)n1. The predicted octanol–water partition coefficient (Wildman–Crippen LogP) is 1.94. The lowest BCUT2D eigenvalue weighted by Gasteiger charge is -2.37. The Labute approximate surface area is 123 Å². The van der Waals surface area contributed by atoms with Crippen LogP contribution < -0.4 is 0 Å². The van der Waals surface area contributed by atoms with E-state index in [0.29, 0.717) is 18.3 Å². The maximum atomic E-state index is 5.76. The van der Waals surface area contributed by atoms with Gasteiger partial charge in [-0.25, -0.2) is 0 Å². The molecule has 0 spiro atoms. The number of morpholine rings is 1. The quantitative estimate of drug-likeness (QED) is 0.855. The summed E-state index contributed by atoms with van der Waals surface area (Å²) < 4.78 is 16.4. The summed E-state index contributed by atoms with van der Waals surface area (Å²) in [7, 11) is 0. The average molecular weight is 292 g/mol. The molecule has 1 saturated heterocycles. The van der Waals surface area contributed by atoms with Crippen LogP contribution in [0.15, 0.2) is 9.05 Å². The zero-order valence-electron chi connectivity index (χ0n) is 12.8. The van der Waals surface area contributed by atoms with Gasteiger partial charge in [-0.2, -0.15) is 4.98 Å². The molecule has 0 radical (unpaired) electrons. The Morgan fingerprint density at radius 1 is 1.19 bits per heavy atom. The van der Waals surface area contributed by atoms with Gasteiger partial charge in [0.1, 0.15) is 11.8 Å². The van der Waals surface area contributed by atoms with Crippen molar-refractivity contribution in [2.75, 3.05) is 13.2 Å². The molecule has 2 atom stereocenters. The molecule has 0 N–H and O–H groups in total. The lowest BCUT2D eigenvalue weighted by Crippen LogP contribution is -2.44. The van der Waals surface area contributed by atoms with Crippen LogP contribution in [0.5, 0.6) is 0 Å². The van der Waals surface area contributed by atoms with Gasteiger partial charge in [0.15, 0.2) is 5.82 Å². The molecule has 3 rings (SSSR count). The maximum absolute atomic E-state index is 5.76. The van der Waals surface area contributed by atoms with Gasteiger partial charge in [-0.05, 0) is 27.7 Å². The molecule has 0 bridgehead atoms. The van der Waals surface area contributed by atoms with Crippen LogP contribution in [-0.2, 0) is 11.3 Å². The van der Waals surface area contributed by atoms with E-state index < -0.39 is 0 Å². The van der Waals surface area contributed by atoms with Crippen molar-refractivity contribution < 1.29 is 13.8 Å². The van der Waals surface area contributed by atoms with Crippen molar-refractivity contribution in [1.82, 2.24) is 20.2 Å². The molecule has 0 aromatic carbocycles. The molecule has 114 valence electrons. The first-order valence-corrected chi connectivity index (χ1v) is 7.14. The van der Waals surface area contributed by atoms with E-state index in [9.17, 15) is 0 Å². The molecular weight excluding hydrogens is 272 g/mol. The zero-order valence-corrected chi connectivity index (χ0v) is 12.8. The van der Waals surface area contributed by atoms with E-state index >= 15 is 0 Å². The van der Waals surface area contributed by atoms with E-state index in [-0.39, 0.29) is 12.1 Å². The fraction of sp³-hybridized carbons (Fsp3) is 0.643. The lowest BCUT2D eigenvalue weighted by atomic mass is 10.1. The third-order valence-corrected chi connectivity index (χ3v) is 3.94. The van der Waals surface area contributed by atoms with Gasteiger partial charge >= 0.3 is 0 Å². The molecule has 7 heteroatoms. The molecule has 3 heterocycles. The molecule has 21 heavy (non-hydrogen) atoms. The summed E-state index contributed by atoms with van der Waals surface area (Å²) in [4.78, 5) is 6.66. The number of hydrogen-bond acceptors (Lipinski definition) is 7. The van der Waals surface area contributed by atoms with Gasteiger partial charge in [0.2, 0.25) is 5.89 Å². The summed E-state index contributed by atoms with van der Waals surface area (Å²) in [6.07, 6.45) is -0.000859. The van der Waals surface area contributed by atoms with Crippen molar-refractivity contribution in [2.45, 2.75) is 46.4 Å². The van der Waals surface area contributed by atoms with Crippen LogP contribution in [0.25, 0.3) is 0 Å². The van der Waals surface area contributed by atoms with Gasteiger partial charge in [-0.15, -0.1) is 0 Å². The van der Waals surface area contributed by atoms with Gasteiger partial charge in [0.05, 0.1) is 18.4 Å². The van der Waals surface area contributed by atoms with Gasteiger partial charge in [-0.1, -0.05) is 10.3 Å². The topological polar surface area (TPSA) is 77.4 Å². The highest BCUT2D eigenvalue weighted by molar-refractivity contribution is 5.21. The van der Waals surface area contributed by atoms with Crippen LogP contribution in [0.3, 0.4) is 0 Å². The van der Waals surface area contributed by atoms with E-state index in [1.807, 2.05) is 27.7 Å². The van der Waals surface area contributed by atoms with Crippen molar-refractivity contribution in [3.63, 3.8) is 0 Å². The highest BCUT2D eigenvalue weighted by Gasteiger charge is 2.35. The summed E-state index contributed by atoms with van der Waals surface area (Å²) in [5.41, 5.74) is 2.04. The van der Waals surface area contributed by atoms with Crippen LogP contribution in [0, 0.1) is 20.8 Å². The molecule has 0 amide bonds. The Balaban J connectivity index is 1.87. The molecule has 2 aromatic rings. The number of rotatable bonds is 3. The van der Waals surface area contributed by atoms with E-state index in [0.717, 1.165) is 30.1 Å². The molecular formula is C14H20N4O3. The number of aryl methyl sites for hydroxylation is 3. The normalized spacial score (nSPS) is 23.6. The van der Waals surface area contributed by atoms with Gasteiger partial charge in [-0.3, -0.25) is 4.90 Å². The molecule has 1 aliphatic rings. The van der Waals surface area contributed by atoms with Crippen LogP contribution >= 0.6 is 0 Å². The summed E-state index contributed by atoms with van der Waals surface area (Å²) in [6, 6.07) is -0.0475. The zero-order chi connectivity index (χ0) is 15.0. The Hall–Kier alpha value is -1.73. The first-order valence-electron chi connectivity index (χ1n) is 7.14. The van der Waals surface area contributed by atoms with E-state index in [1.165, 1.54) is 0 Å². The second kappa shape index (κ2) is 5.57. The van der Waals surface area contributed by atoms with Crippen LogP contribution in [0.2, 0.25) is 0 Å². The van der Waals surface area contributed by atoms with E-state index in [2.05, 4.69) is 20.2 Å². The number of aromatic nitrogens is 3. The molecule has 0 aliphatic carbocycles. The first kappa shape index (κ1) is 14.2. The largest absolute Gasteiger partial charge is 0.375 e. The second-order valence-electron chi connectivity index (χ2n) is 5.47. The standard InChI is InChI=1S/C14H20N4O3/c1-8-12(9(2)20-16-8)7-18-5-6-19-10(3)13(18)14-15-11(4)17-21-14/h10,13H,5-7H2,1-4H3/t10-,13+/m1/s1. The Morgan fingerprint density at radius 3 is 2.62 bits per heavy atom. The minimum absolute atomic E-state index is 0.000859. The highest BCUT2D eigenvalue weighted by atomic mass is 16.5. The minimum atomic E-state index is -0.0475. The fourth-order valence-corrected chi connectivity index (χ4v) is 2.78. The summed E-state index contributed by atoms with van der Waals surface area (Å²) >= 11 is 0. The van der Waals surface area contributed by atoms with Gasteiger partial charge in [0, 0.05) is 18.7 Å². The number of hydrogen-bond donors (Lipinski definition) is 0. The summed E-state index contributed by atoms with van der Waals surface area (Å²) in [6.45, 7) is 9.98. The molecule has 0 saturated carbocycles. The highest BCUT2D eigenvalue weighted by Crippen LogP contribution is 2.30. The second-order valence-corrected chi connectivity index (χ2v) is 5.47. The molecule has 2 aromatic heterocycles. The smallest absolute Gasteiger partial charge is 0.246 e. The maximum Gasteiger partial charge on any atom is 0.246 e. The summed E-state index contributed by atoms with van der Waals surface area (Å²) in [5, 5.41) is 7.91. The number of nitrogens with zero attached hydrogens (tertiary/aromatic N) is 4. The predicted molar refractivity (Wildman–Crippen MR) is 73.6 cm³/mol. The van der Waals surface area contributed by atoms with Crippen LogP contribution in [0.1, 0.15) is 41.7 Å². The van der Waals surface area contributed by atoms with Crippen LogP contribution in [0.4, 0.5) is 0 Å². The lowest BCUT2D eigenvalue weighted by molar-refractivity contribution is -0.0764. The average Bonchev–Trinajstić information content (AvgIpc) is 3.00. The van der Waals surface area contributed by atoms with Crippen molar-refractivity contribution in [1.29, 1.82) is 0 Å². The van der Waals surface area contributed by atoms with Crippen molar-refractivity contribution in [3.8, 4) is 0 Å². The molecule has 7 nitrogen and oxygen atoms in total. The third-order valence-electron chi connectivity index (χ3n) is 3.94. The molecule has 1 aliphatic heterocycles. The molecule has 0 unspecified atom stereocenters. The number of ether oxygens (including phenoxy) is 1. The Morgan fingerprint density at radius 2 is 2.00 bits per heavy atom. The van der Waals surface area contributed by atoms with E-state index in [4.69, 9.17) is 13.8 Å².